The molecule has 0 bridgehead atoms. The third-order valence-corrected chi connectivity index (χ3v) is 4.32. The lowest BCUT2D eigenvalue weighted by molar-refractivity contribution is -0.129. The number of carbonyl (C=O) groups excluding carboxylic acids is 2. The molecule has 0 radical (unpaired) electrons. The minimum absolute atomic E-state index is 0.0219. The number of aliphatic hydroxyl groups excluding tert-OH is 1. The Morgan fingerprint density at radius 2 is 1.96 bits per heavy atom. The number of aliphatic hydroxyl groups is 1. The summed E-state index contributed by atoms with van der Waals surface area (Å²) in [4.78, 5) is 25.2. The predicted molar refractivity (Wildman–Crippen MR) is 85.8 cm³/mol. The van der Waals surface area contributed by atoms with Gasteiger partial charge >= 0.3 is 0 Å². The van der Waals surface area contributed by atoms with Crippen molar-refractivity contribution in [3.63, 3.8) is 0 Å². The third-order valence-electron chi connectivity index (χ3n) is 4.32. The first-order chi connectivity index (χ1) is 11.0. The van der Waals surface area contributed by atoms with E-state index in [1.807, 2.05) is 14.1 Å². The number of likely N-dealkylation sites (N-methyl/N-ethyl adjacent to an activating group) is 1. The highest BCUT2D eigenvalue weighted by Crippen LogP contribution is 2.28. The van der Waals surface area contributed by atoms with Crippen LogP contribution in [0, 0.1) is 5.92 Å². The van der Waals surface area contributed by atoms with Crippen molar-refractivity contribution in [1.82, 2.24) is 15.5 Å². The molecule has 1 saturated carbocycles. The molecule has 0 aromatic rings. The second-order valence-electron chi connectivity index (χ2n) is 6.82. The lowest BCUT2D eigenvalue weighted by Crippen LogP contribution is -2.52. The molecular weight excluding hydrogens is 298 g/mol. The molecule has 3 N–H and O–H groups in total. The molecule has 132 valence electrons. The molecule has 2 aliphatic rings. The van der Waals surface area contributed by atoms with Gasteiger partial charge in [0.25, 0.3) is 0 Å². The van der Waals surface area contributed by atoms with Crippen LogP contribution in [0.3, 0.4) is 0 Å². The number of rotatable bonds is 8. The number of carbonyl (C=O) groups is 2. The molecule has 0 spiro atoms. The normalized spacial score (nSPS) is 27.7. The molecule has 23 heavy (non-hydrogen) atoms. The molecule has 1 aliphatic heterocycles. The van der Waals surface area contributed by atoms with E-state index in [1.54, 1.807) is 4.90 Å². The van der Waals surface area contributed by atoms with Crippen LogP contribution in [0.5, 0.6) is 0 Å². The van der Waals surface area contributed by atoms with Crippen LogP contribution in [0.4, 0.5) is 0 Å². The Kier molecular flexibility index (Phi) is 6.80. The number of hydrogen-bond donors (Lipinski definition) is 3. The summed E-state index contributed by atoms with van der Waals surface area (Å²) in [6.07, 6.45) is 4.01. The van der Waals surface area contributed by atoms with E-state index in [0.29, 0.717) is 13.1 Å². The molecule has 0 aromatic heterocycles. The van der Waals surface area contributed by atoms with Gasteiger partial charge in [-0.1, -0.05) is 0 Å². The summed E-state index contributed by atoms with van der Waals surface area (Å²) in [5, 5.41) is 15.4. The largest absolute Gasteiger partial charge is 0.394 e. The third kappa shape index (κ3) is 6.08. The quantitative estimate of drug-likeness (QED) is 0.558. The lowest BCUT2D eigenvalue weighted by Gasteiger charge is -2.36. The van der Waals surface area contributed by atoms with E-state index in [0.717, 1.165) is 32.1 Å². The Morgan fingerprint density at radius 3 is 2.57 bits per heavy atom. The van der Waals surface area contributed by atoms with E-state index in [-0.39, 0.29) is 42.6 Å². The summed E-state index contributed by atoms with van der Waals surface area (Å²) in [6, 6.07) is -0.148. The summed E-state index contributed by atoms with van der Waals surface area (Å²) in [6.45, 7) is 0.818. The highest BCUT2D eigenvalue weighted by Gasteiger charge is 2.32. The second kappa shape index (κ2) is 8.61. The van der Waals surface area contributed by atoms with Gasteiger partial charge in [-0.3, -0.25) is 9.59 Å². The summed E-state index contributed by atoms with van der Waals surface area (Å²) in [5.74, 6) is 0.314. The van der Waals surface area contributed by atoms with Gasteiger partial charge in [0, 0.05) is 12.5 Å². The number of nitrogens with zero attached hydrogens (tertiary/aromatic N) is 1. The summed E-state index contributed by atoms with van der Waals surface area (Å²) in [7, 11) is 3.68. The first kappa shape index (κ1) is 18.2. The Labute approximate surface area is 137 Å². The summed E-state index contributed by atoms with van der Waals surface area (Å²) in [5.41, 5.74) is 0. The Morgan fingerprint density at radius 1 is 1.22 bits per heavy atom. The zero-order valence-electron chi connectivity index (χ0n) is 14.1. The van der Waals surface area contributed by atoms with Crippen molar-refractivity contribution in [1.29, 1.82) is 0 Å². The van der Waals surface area contributed by atoms with Gasteiger partial charge in [0.1, 0.15) is 6.10 Å². The van der Waals surface area contributed by atoms with Crippen molar-refractivity contribution in [3.8, 4) is 0 Å². The van der Waals surface area contributed by atoms with Crippen LogP contribution < -0.4 is 10.6 Å². The van der Waals surface area contributed by atoms with Gasteiger partial charge in [-0.05, 0) is 46.2 Å². The smallest absolute Gasteiger partial charge is 0.234 e. The van der Waals surface area contributed by atoms with Crippen LogP contribution in [0.25, 0.3) is 0 Å². The minimum Gasteiger partial charge on any atom is -0.394 e. The Bertz CT molecular complexity index is 412. The van der Waals surface area contributed by atoms with Gasteiger partial charge in [-0.15, -0.1) is 0 Å². The lowest BCUT2D eigenvalue weighted by atomic mass is 9.97. The van der Waals surface area contributed by atoms with Crippen molar-refractivity contribution in [2.75, 3.05) is 33.8 Å². The molecule has 1 saturated heterocycles. The fraction of sp³-hybridized carbons (Fsp3) is 0.875. The van der Waals surface area contributed by atoms with Gasteiger partial charge < -0.3 is 25.4 Å². The number of amides is 2. The fourth-order valence-electron chi connectivity index (χ4n) is 2.90. The number of hydrogen-bond acceptors (Lipinski definition) is 5. The minimum atomic E-state index is -0.376. The molecule has 3 atom stereocenters. The fourth-order valence-corrected chi connectivity index (χ4v) is 2.90. The van der Waals surface area contributed by atoms with Crippen molar-refractivity contribution < 1.29 is 19.4 Å². The molecule has 7 heteroatoms. The van der Waals surface area contributed by atoms with Crippen molar-refractivity contribution in [3.05, 3.63) is 0 Å². The average molecular weight is 327 g/mol. The molecule has 2 fully saturated rings. The van der Waals surface area contributed by atoms with Crippen molar-refractivity contribution in [2.24, 2.45) is 5.92 Å². The highest BCUT2D eigenvalue weighted by atomic mass is 16.5. The average Bonchev–Trinajstić information content (AvgIpc) is 3.32. The second-order valence-corrected chi connectivity index (χ2v) is 6.82. The van der Waals surface area contributed by atoms with Crippen LogP contribution in [-0.4, -0.2) is 73.9 Å². The predicted octanol–water partition coefficient (Wildman–Crippen LogP) is -0.511. The number of ether oxygens (including phenoxy) is 1. The zero-order valence-corrected chi connectivity index (χ0v) is 14.1. The topological polar surface area (TPSA) is 90.9 Å². The van der Waals surface area contributed by atoms with E-state index in [4.69, 9.17) is 4.74 Å². The van der Waals surface area contributed by atoms with Crippen LogP contribution >= 0.6 is 0 Å². The maximum Gasteiger partial charge on any atom is 0.234 e. The van der Waals surface area contributed by atoms with Gasteiger partial charge in [0.15, 0.2) is 0 Å². The van der Waals surface area contributed by atoms with Crippen LogP contribution in [0.2, 0.25) is 0 Å². The monoisotopic (exact) mass is 327 g/mol. The maximum atomic E-state index is 11.8. The molecule has 0 unspecified atom stereocenters. The van der Waals surface area contributed by atoms with Gasteiger partial charge in [-0.25, -0.2) is 0 Å². The molecule has 2 rings (SSSR count). The van der Waals surface area contributed by atoms with E-state index < -0.39 is 0 Å². The van der Waals surface area contributed by atoms with Gasteiger partial charge in [-0.2, -0.15) is 0 Å². The van der Waals surface area contributed by atoms with Crippen LogP contribution in [0.1, 0.15) is 32.1 Å². The van der Waals surface area contributed by atoms with E-state index in [1.165, 1.54) is 0 Å². The van der Waals surface area contributed by atoms with Crippen molar-refractivity contribution in [2.45, 2.75) is 50.4 Å². The molecular formula is C16H29N3O4. The molecule has 1 heterocycles. The van der Waals surface area contributed by atoms with E-state index in [9.17, 15) is 14.7 Å². The van der Waals surface area contributed by atoms with Gasteiger partial charge in [0.2, 0.25) is 11.8 Å². The number of nitrogens with one attached hydrogen (secondary N) is 2. The Balaban J connectivity index is 1.69. The van der Waals surface area contributed by atoms with Crippen LogP contribution in [-0.2, 0) is 14.3 Å². The Hall–Kier alpha value is -1.18. The summed E-state index contributed by atoms with van der Waals surface area (Å²) >= 11 is 0. The molecule has 2 amide bonds. The first-order valence-corrected chi connectivity index (χ1v) is 8.47. The first-order valence-electron chi connectivity index (χ1n) is 8.47. The van der Waals surface area contributed by atoms with Gasteiger partial charge in [0.05, 0.1) is 25.3 Å². The van der Waals surface area contributed by atoms with E-state index >= 15 is 0 Å². The van der Waals surface area contributed by atoms with Crippen LogP contribution in [0.15, 0.2) is 0 Å². The molecule has 0 aromatic carbocycles. The maximum absolute atomic E-state index is 11.8. The van der Waals surface area contributed by atoms with E-state index in [2.05, 4.69) is 10.6 Å². The molecule has 7 nitrogen and oxygen atoms in total. The SMILES string of the molecule is CN(C)CC(=O)N[C@H]1CC[C@H](CCNC(=O)C2CC2)O[C@@H]1CO. The summed E-state index contributed by atoms with van der Waals surface area (Å²) < 4.78 is 5.88. The van der Waals surface area contributed by atoms with Crippen molar-refractivity contribution >= 4 is 11.8 Å². The molecule has 1 aliphatic carbocycles. The highest BCUT2D eigenvalue weighted by molar-refractivity contribution is 5.80. The zero-order chi connectivity index (χ0) is 16.8. The standard InChI is InChI=1S/C16H29N3O4/c1-19(2)9-15(21)18-13-6-5-12(23-14(13)10-20)7-8-17-16(22)11-3-4-11/h11-14,20H,3-10H2,1-2H3,(H,17,22)(H,18,21)/t12-,13+,14-/m1/s1.